The van der Waals surface area contributed by atoms with Crippen LogP contribution in [-0.4, -0.2) is 40.3 Å². The minimum atomic E-state index is 0.0748. The van der Waals surface area contributed by atoms with E-state index < -0.39 is 0 Å². The lowest BCUT2D eigenvalue weighted by molar-refractivity contribution is 0.354. The molecule has 27 heavy (non-hydrogen) atoms. The molecular formula is C21H31N3O2S. The quantitative estimate of drug-likeness (QED) is 0.389. The standard InChI is InChI=1S/C21H31N3O2S/c1-21(2,19-9-7-13-27-19)15-24-20(22-3)23-12-6-8-16-10-11-17(25-4)18(14-16)26-5/h7,9-11,13-14H,6,8,12,15H2,1-5H3,(H2,22,23,24). The summed E-state index contributed by atoms with van der Waals surface area (Å²) in [6, 6.07) is 10.4. The van der Waals surface area contributed by atoms with Crippen LogP contribution in [0, 0.1) is 0 Å². The summed E-state index contributed by atoms with van der Waals surface area (Å²) in [6.07, 6.45) is 1.97. The van der Waals surface area contributed by atoms with Gasteiger partial charge < -0.3 is 20.1 Å². The van der Waals surface area contributed by atoms with Crippen molar-refractivity contribution in [1.82, 2.24) is 10.6 Å². The SMILES string of the molecule is CN=C(NCCCc1ccc(OC)c(OC)c1)NCC(C)(C)c1cccs1. The smallest absolute Gasteiger partial charge is 0.191 e. The summed E-state index contributed by atoms with van der Waals surface area (Å²) < 4.78 is 10.6. The van der Waals surface area contributed by atoms with E-state index in [1.54, 1.807) is 25.6 Å². The van der Waals surface area contributed by atoms with Crippen LogP contribution in [0.4, 0.5) is 0 Å². The van der Waals surface area contributed by atoms with Gasteiger partial charge in [0.05, 0.1) is 14.2 Å². The highest BCUT2D eigenvalue weighted by molar-refractivity contribution is 7.10. The Balaban J connectivity index is 1.77. The third-order valence-electron chi connectivity index (χ3n) is 4.49. The number of methoxy groups -OCH3 is 2. The molecule has 0 aliphatic carbocycles. The van der Waals surface area contributed by atoms with Gasteiger partial charge in [-0.1, -0.05) is 26.0 Å². The Kier molecular flexibility index (Phi) is 7.98. The number of hydrogen-bond donors (Lipinski definition) is 2. The van der Waals surface area contributed by atoms with Crippen LogP contribution in [0.25, 0.3) is 0 Å². The van der Waals surface area contributed by atoms with Crippen LogP contribution < -0.4 is 20.1 Å². The number of thiophene rings is 1. The molecule has 0 aliphatic rings. The molecule has 0 unspecified atom stereocenters. The van der Waals surface area contributed by atoms with Gasteiger partial charge in [-0.2, -0.15) is 0 Å². The molecule has 0 radical (unpaired) electrons. The topological polar surface area (TPSA) is 54.9 Å². The van der Waals surface area contributed by atoms with Crippen molar-refractivity contribution < 1.29 is 9.47 Å². The second-order valence-corrected chi connectivity index (χ2v) is 7.95. The van der Waals surface area contributed by atoms with Gasteiger partial charge in [-0.25, -0.2) is 0 Å². The van der Waals surface area contributed by atoms with Crippen LogP contribution in [0.5, 0.6) is 11.5 Å². The van der Waals surface area contributed by atoms with Crippen molar-refractivity contribution in [3.05, 3.63) is 46.2 Å². The zero-order valence-electron chi connectivity index (χ0n) is 17.0. The first-order chi connectivity index (χ1) is 13.0. The Morgan fingerprint density at radius 1 is 1.11 bits per heavy atom. The Labute approximate surface area is 166 Å². The maximum atomic E-state index is 5.36. The number of nitrogens with one attached hydrogen (secondary N) is 2. The molecule has 0 bridgehead atoms. The predicted molar refractivity (Wildman–Crippen MR) is 115 cm³/mol. The molecule has 2 rings (SSSR count). The molecule has 148 valence electrons. The molecule has 0 spiro atoms. The normalized spacial score (nSPS) is 12.0. The highest BCUT2D eigenvalue weighted by Crippen LogP contribution is 2.28. The van der Waals surface area contributed by atoms with Crippen LogP contribution in [-0.2, 0) is 11.8 Å². The monoisotopic (exact) mass is 389 g/mol. The number of nitrogens with zero attached hydrogens (tertiary/aromatic N) is 1. The molecule has 0 fully saturated rings. The van der Waals surface area contributed by atoms with Gasteiger partial charge in [0.1, 0.15) is 0 Å². The van der Waals surface area contributed by atoms with Gasteiger partial charge >= 0.3 is 0 Å². The number of aryl methyl sites for hydroxylation is 1. The third-order valence-corrected chi connectivity index (χ3v) is 5.73. The van der Waals surface area contributed by atoms with Crippen molar-refractivity contribution >= 4 is 17.3 Å². The molecule has 0 amide bonds. The van der Waals surface area contributed by atoms with E-state index in [4.69, 9.17) is 9.47 Å². The molecule has 1 aromatic carbocycles. The fourth-order valence-corrected chi connectivity index (χ4v) is 3.66. The maximum Gasteiger partial charge on any atom is 0.191 e. The van der Waals surface area contributed by atoms with Gasteiger partial charge in [0.25, 0.3) is 0 Å². The second kappa shape index (κ2) is 10.2. The Morgan fingerprint density at radius 3 is 2.52 bits per heavy atom. The Hall–Kier alpha value is -2.21. The lowest BCUT2D eigenvalue weighted by Gasteiger charge is -2.25. The lowest BCUT2D eigenvalue weighted by Crippen LogP contribution is -2.43. The van der Waals surface area contributed by atoms with E-state index in [0.29, 0.717) is 0 Å². The minimum absolute atomic E-state index is 0.0748. The summed E-state index contributed by atoms with van der Waals surface area (Å²) in [5.41, 5.74) is 1.31. The van der Waals surface area contributed by atoms with E-state index >= 15 is 0 Å². The lowest BCUT2D eigenvalue weighted by atomic mass is 9.91. The Bertz CT molecular complexity index is 727. The molecule has 1 heterocycles. The van der Waals surface area contributed by atoms with Crippen LogP contribution in [0.15, 0.2) is 40.7 Å². The van der Waals surface area contributed by atoms with E-state index in [1.807, 2.05) is 19.2 Å². The van der Waals surface area contributed by atoms with E-state index in [-0.39, 0.29) is 5.41 Å². The molecule has 2 aromatic rings. The third kappa shape index (κ3) is 6.17. The zero-order chi connectivity index (χ0) is 19.7. The molecule has 2 N–H and O–H groups in total. The molecule has 0 atom stereocenters. The molecule has 0 aliphatic heterocycles. The summed E-state index contributed by atoms with van der Waals surface area (Å²) in [6.45, 7) is 6.18. The average Bonchev–Trinajstić information content (AvgIpc) is 3.23. The minimum Gasteiger partial charge on any atom is -0.493 e. The van der Waals surface area contributed by atoms with Crippen molar-refractivity contribution in [3.63, 3.8) is 0 Å². The van der Waals surface area contributed by atoms with Crippen molar-refractivity contribution in [2.24, 2.45) is 4.99 Å². The van der Waals surface area contributed by atoms with Gasteiger partial charge in [-0.05, 0) is 42.0 Å². The van der Waals surface area contributed by atoms with Crippen molar-refractivity contribution in [2.45, 2.75) is 32.1 Å². The molecular weight excluding hydrogens is 358 g/mol. The van der Waals surface area contributed by atoms with Crippen LogP contribution in [0.3, 0.4) is 0 Å². The number of rotatable bonds is 9. The fraction of sp³-hybridized carbons (Fsp3) is 0.476. The first-order valence-electron chi connectivity index (χ1n) is 9.19. The van der Waals surface area contributed by atoms with Gasteiger partial charge in [0.15, 0.2) is 17.5 Å². The summed E-state index contributed by atoms with van der Waals surface area (Å²) in [5, 5.41) is 8.96. The van der Waals surface area contributed by atoms with E-state index in [9.17, 15) is 0 Å². The Morgan fingerprint density at radius 2 is 1.89 bits per heavy atom. The molecule has 0 saturated carbocycles. The van der Waals surface area contributed by atoms with E-state index in [1.165, 1.54) is 10.4 Å². The summed E-state index contributed by atoms with van der Waals surface area (Å²) in [5.74, 6) is 2.38. The van der Waals surface area contributed by atoms with E-state index in [0.717, 1.165) is 43.4 Å². The number of benzene rings is 1. The molecule has 6 heteroatoms. The van der Waals surface area contributed by atoms with Crippen LogP contribution in [0.2, 0.25) is 0 Å². The largest absolute Gasteiger partial charge is 0.493 e. The van der Waals surface area contributed by atoms with Crippen LogP contribution >= 0.6 is 11.3 Å². The fourth-order valence-electron chi connectivity index (χ4n) is 2.81. The maximum absolute atomic E-state index is 5.36. The molecule has 1 aromatic heterocycles. The number of guanidine groups is 1. The summed E-state index contributed by atoms with van der Waals surface area (Å²) in [7, 11) is 5.12. The first-order valence-corrected chi connectivity index (χ1v) is 10.1. The second-order valence-electron chi connectivity index (χ2n) is 7.01. The molecule has 0 saturated heterocycles. The number of aliphatic imine (C=N–C) groups is 1. The van der Waals surface area contributed by atoms with Crippen molar-refractivity contribution in [3.8, 4) is 11.5 Å². The van der Waals surface area contributed by atoms with E-state index in [2.05, 4.69) is 53.1 Å². The first kappa shape index (κ1) is 21.1. The average molecular weight is 390 g/mol. The number of hydrogen-bond acceptors (Lipinski definition) is 4. The van der Waals surface area contributed by atoms with Gasteiger partial charge in [-0.15, -0.1) is 11.3 Å². The van der Waals surface area contributed by atoms with Crippen molar-refractivity contribution in [1.29, 1.82) is 0 Å². The van der Waals surface area contributed by atoms with Crippen LogP contribution in [0.1, 0.15) is 30.7 Å². The van der Waals surface area contributed by atoms with Gasteiger partial charge in [-0.3, -0.25) is 4.99 Å². The summed E-state index contributed by atoms with van der Waals surface area (Å²) >= 11 is 1.79. The van der Waals surface area contributed by atoms with Gasteiger partial charge in [0, 0.05) is 30.4 Å². The molecule has 5 nitrogen and oxygen atoms in total. The van der Waals surface area contributed by atoms with Gasteiger partial charge in [0.2, 0.25) is 0 Å². The predicted octanol–water partition coefficient (Wildman–Crippen LogP) is 3.84. The van der Waals surface area contributed by atoms with Crippen molar-refractivity contribution in [2.75, 3.05) is 34.4 Å². The summed E-state index contributed by atoms with van der Waals surface area (Å²) in [4.78, 5) is 5.70. The number of ether oxygens (including phenoxy) is 2. The zero-order valence-corrected chi connectivity index (χ0v) is 17.8. The highest BCUT2D eigenvalue weighted by atomic mass is 32.1. The highest BCUT2D eigenvalue weighted by Gasteiger charge is 2.21.